The summed E-state index contributed by atoms with van der Waals surface area (Å²) in [6.45, 7) is 1.88. The summed E-state index contributed by atoms with van der Waals surface area (Å²) in [5, 5.41) is 8.08. The van der Waals surface area contributed by atoms with Crippen LogP contribution in [0.1, 0.15) is 13.3 Å². The molecule has 0 aliphatic carbocycles. The van der Waals surface area contributed by atoms with Crippen molar-refractivity contribution in [3.05, 3.63) is 0 Å². The van der Waals surface area contributed by atoms with Crippen molar-refractivity contribution < 1.29 is 9.90 Å². The van der Waals surface area contributed by atoms with Crippen LogP contribution in [0.15, 0.2) is 0 Å². The molecule has 0 aromatic rings. The fourth-order valence-electron chi connectivity index (χ4n) is 0.262. The van der Waals surface area contributed by atoms with Crippen LogP contribution in [0, 0.1) is 0 Å². The Bertz CT molecular complexity index is 70.1. The van der Waals surface area contributed by atoms with E-state index >= 15 is 0 Å². The second-order valence-electron chi connectivity index (χ2n) is 1.50. The first-order valence-corrected chi connectivity index (χ1v) is 3.27. The molecule has 2 nitrogen and oxygen atoms in total. The minimum atomic E-state index is -0.713. The van der Waals surface area contributed by atoms with Crippen LogP contribution in [0.5, 0.6) is 0 Å². The van der Waals surface area contributed by atoms with E-state index in [1.165, 1.54) is 0 Å². The number of aliphatic carboxylic acids is 1. The third-order valence-corrected chi connectivity index (χ3v) is 0.909. The van der Waals surface area contributed by atoms with Crippen LogP contribution in [-0.2, 0) is 4.79 Å². The topological polar surface area (TPSA) is 37.3 Å². The van der Waals surface area contributed by atoms with Crippen molar-refractivity contribution >= 4 is 22.5 Å². The van der Waals surface area contributed by atoms with Gasteiger partial charge in [0.25, 0.3) is 0 Å². The summed E-state index contributed by atoms with van der Waals surface area (Å²) in [4.78, 5) is 9.81. The number of hydrogen-bond acceptors (Lipinski definition) is 1. The van der Waals surface area contributed by atoms with Crippen LogP contribution in [-0.4, -0.2) is 27.6 Å². The SMILES string of the molecule is C[CH]([Ge])CC(=O)O. The van der Waals surface area contributed by atoms with E-state index in [-0.39, 0.29) is 11.2 Å². The molecule has 0 spiro atoms. The van der Waals surface area contributed by atoms with Gasteiger partial charge in [-0.25, -0.2) is 0 Å². The summed E-state index contributed by atoms with van der Waals surface area (Å²) in [5.41, 5.74) is 0. The molecule has 0 aromatic heterocycles. The fraction of sp³-hybridized carbons (Fsp3) is 0.750. The minimum absolute atomic E-state index is 0.275. The molecule has 0 heterocycles. The Morgan fingerprint density at radius 3 is 2.43 bits per heavy atom. The summed E-state index contributed by atoms with van der Waals surface area (Å²) >= 11 is 1.88. The summed E-state index contributed by atoms with van der Waals surface area (Å²) in [5.74, 6) is -0.713. The Morgan fingerprint density at radius 2 is 2.43 bits per heavy atom. The van der Waals surface area contributed by atoms with E-state index < -0.39 is 5.97 Å². The zero-order valence-corrected chi connectivity index (χ0v) is 6.24. The fourth-order valence-corrected chi connectivity index (χ4v) is 0.628. The molecule has 0 fully saturated rings. The molecule has 3 heteroatoms. The predicted octanol–water partition coefficient (Wildman–Crippen LogP) is 0.438. The predicted molar refractivity (Wildman–Crippen MR) is 27.4 cm³/mol. The third kappa shape index (κ3) is 6.01. The van der Waals surface area contributed by atoms with Crippen LogP contribution in [0.2, 0.25) is 4.75 Å². The number of carboxylic acid groups (broad SMARTS) is 1. The zero-order valence-electron chi connectivity index (χ0n) is 4.14. The monoisotopic (exact) mass is 161 g/mol. The van der Waals surface area contributed by atoms with Gasteiger partial charge in [-0.15, -0.1) is 0 Å². The van der Waals surface area contributed by atoms with Crippen LogP contribution >= 0.6 is 0 Å². The third-order valence-electron chi connectivity index (χ3n) is 0.481. The normalized spacial score (nSPS) is 13.4. The van der Waals surface area contributed by atoms with Crippen LogP contribution in [0.3, 0.4) is 0 Å². The molecule has 1 unspecified atom stereocenters. The molecule has 1 atom stereocenters. The summed E-state index contributed by atoms with van der Waals surface area (Å²) in [7, 11) is 0. The Balaban J connectivity index is 3.13. The Hall–Kier alpha value is 0.0129. The average molecular weight is 160 g/mol. The van der Waals surface area contributed by atoms with Crippen LogP contribution < -0.4 is 0 Å². The molecular weight excluding hydrogens is 153 g/mol. The van der Waals surface area contributed by atoms with Crippen LogP contribution in [0.4, 0.5) is 0 Å². The van der Waals surface area contributed by atoms with Gasteiger partial charge >= 0.3 is 50.5 Å². The second-order valence-corrected chi connectivity index (χ2v) is 3.57. The molecule has 7 heavy (non-hydrogen) atoms. The number of rotatable bonds is 2. The van der Waals surface area contributed by atoms with Crippen molar-refractivity contribution in [2.75, 3.05) is 0 Å². The van der Waals surface area contributed by atoms with Crippen molar-refractivity contribution in [1.29, 1.82) is 0 Å². The molecule has 1 N–H and O–H groups in total. The maximum absolute atomic E-state index is 9.81. The van der Waals surface area contributed by atoms with Gasteiger partial charge in [0.05, 0.1) is 0 Å². The summed E-state index contributed by atoms with van der Waals surface area (Å²) < 4.78 is 0.275. The van der Waals surface area contributed by atoms with Crippen LogP contribution in [0.25, 0.3) is 0 Å². The molecule has 0 saturated heterocycles. The molecule has 0 aliphatic heterocycles. The van der Waals surface area contributed by atoms with Gasteiger partial charge in [0.1, 0.15) is 0 Å². The van der Waals surface area contributed by atoms with Crippen molar-refractivity contribution in [2.24, 2.45) is 0 Å². The second kappa shape index (κ2) is 3.07. The van der Waals surface area contributed by atoms with E-state index in [0.717, 1.165) is 0 Å². The molecule has 39 valence electrons. The number of carboxylic acids is 1. The summed E-state index contributed by atoms with van der Waals surface area (Å²) in [6.07, 6.45) is 0.278. The number of carbonyl (C=O) groups is 1. The van der Waals surface area contributed by atoms with Gasteiger partial charge in [0, 0.05) is 0 Å². The average Bonchev–Trinajstić information content (AvgIpc) is 1.27. The van der Waals surface area contributed by atoms with E-state index in [0.29, 0.717) is 0 Å². The molecule has 0 saturated carbocycles. The van der Waals surface area contributed by atoms with Gasteiger partial charge < -0.3 is 0 Å². The van der Waals surface area contributed by atoms with Gasteiger partial charge in [0.15, 0.2) is 0 Å². The maximum atomic E-state index is 9.81. The van der Waals surface area contributed by atoms with E-state index in [1.807, 2.05) is 23.4 Å². The van der Waals surface area contributed by atoms with E-state index in [1.54, 1.807) is 0 Å². The quantitative estimate of drug-likeness (QED) is 0.594. The Labute approximate surface area is 51.1 Å². The first-order chi connectivity index (χ1) is 3.13. The van der Waals surface area contributed by atoms with Gasteiger partial charge in [-0.1, -0.05) is 0 Å². The molecule has 3 radical (unpaired) electrons. The van der Waals surface area contributed by atoms with E-state index in [9.17, 15) is 4.79 Å². The Kier molecular flexibility index (Phi) is 3.08. The van der Waals surface area contributed by atoms with E-state index in [4.69, 9.17) is 5.11 Å². The standard InChI is InChI=1S/C4H7GeO2/c1-3(5)2-4(6)7/h3H,2H2,1H3,(H,6,7). The zero-order chi connectivity index (χ0) is 5.86. The van der Waals surface area contributed by atoms with Gasteiger partial charge in [-0.2, -0.15) is 0 Å². The first-order valence-electron chi connectivity index (χ1n) is 2.06. The van der Waals surface area contributed by atoms with Crippen molar-refractivity contribution in [2.45, 2.75) is 18.1 Å². The van der Waals surface area contributed by atoms with Gasteiger partial charge in [0.2, 0.25) is 0 Å². The summed E-state index contributed by atoms with van der Waals surface area (Å²) in [6, 6.07) is 0. The van der Waals surface area contributed by atoms with Gasteiger partial charge in [-0.3, -0.25) is 0 Å². The number of hydrogen-bond donors (Lipinski definition) is 1. The first kappa shape index (κ1) is 7.01. The van der Waals surface area contributed by atoms with Crippen molar-refractivity contribution in [3.63, 3.8) is 0 Å². The molecule has 0 aliphatic rings. The molecular formula is C4H7GeO2. The molecule has 0 bridgehead atoms. The molecule has 0 rings (SSSR count). The van der Waals surface area contributed by atoms with Gasteiger partial charge in [-0.05, 0) is 0 Å². The molecule has 0 amide bonds. The van der Waals surface area contributed by atoms with E-state index in [2.05, 4.69) is 0 Å². The van der Waals surface area contributed by atoms with Crippen molar-refractivity contribution in [1.82, 2.24) is 0 Å². The van der Waals surface area contributed by atoms with Crippen molar-refractivity contribution in [3.8, 4) is 0 Å². The molecule has 0 aromatic carbocycles. The Morgan fingerprint density at radius 1 is 2.00 bits per heavy atom.